The molecule has 1 saturated carbocycles. The van der Waals surface area contributed by atoms with Crippen LogP contribution in [0.25, 0.3) is 11.3 Å². The van der Waals surface area contributed by atoms with Gasteiger partial charge in [0.25, 0.3) is 0 Å². The quantitative estimate of drug-likeness (QED) is 0.0896. The summed E-state index contributed by atoms with van der Waals surface area (Å²) in [4.78, 5) is 8.48. The number of benzene rings is 2. The average Bonchev–Trinajstić information content (AvgIpc) is 3.59. The van der Waals surface area contributed by atoms with Crippen molar-refractivity contribution in [1.82, 2.24) is 4.98 Å². The minimum atomic E-state index is 0.0897. The summed E-state index contributed by atoms with van der Waals surface area (Å²) in [5, 5.41) is 12.8. The van der Waals surface area contributed by atoms with Crippen molar-refractivity contribution >= 4 is 22.3 Å². The molecule has 0 radical (unpaired) electrons. The van der Waals surface area contributed by atoms with Crippen LogP contribution in [0.2, 0.25) is 0 Å². The summed E-state index contributed by atoms with van der Waals surface area (Å²) in [6, 6.07) is 15.6. The number of thiazole rings is 1. The van der Waals surface area contributed by atoms with E-state index in [4.69, 9.17) is 25.4 Å². The van der Waals surface area contributed by atoms with Crippen LogP contribution in [0.15, 0.2) is 53.7 Å². The molecule has 1 fully saturated rings. The third-order valence-corrected chi connectivity index (χ3v) is 7.97. The van der Waals surface area contributed by atoms with Gasteiger partial charge in [-0.05, 0) is 80.1 Å². The molecule has 4 rings (SSSR count). The van der Waals surface area contributed by atoms with Gasteiger partial charge in [0, 0.05) is 30.1 Å². The topological polar surface area (TPSA) is 93.2 Å². The van der Waals surface area contributed by atoms with Gasteiger partial charge in [-0.3, -0.25) is 0 Å². The summed E-state index contributed by atoms with van der Waals surface area (Å²) in [5.41, 5.74) is 8.54. The maximum atomic E-state index is 8.72. The van der Waals surface area contributed by atoms with Crippen molar-refractivity contribution < 1.29 is 14.7 Å². The first-order valence-electron chi connectivity index (χ1n) is 13.1. The van der Waals surface area contributed by atoms with Gasteiger partial charge < -0.3 is 25.3 Å². The Labute approximate surface area is 223 Å². The van der Waals surface area contributed by atoms with Crippen molar-refractivity contribution in [3.8, 4) is 22.8 Å². The number of aromatic nitrogens is 1. The molecule has 3 N–H and O–H groups in total. The molecule has 8 heteroatoms. The van der Waals surface area contributed by atoms with Gasteiger partial charge >= 0.3 is 0 Å². The summed E-state index contributed by atoms with van der Waals surface area (Å²) < 4.78 is 11.7. The highest BCUT2D eigenvalue weighted by atomic mass is 32.1. The Hall–Kier alpha value is -3.26. The van der Waals surface area contributed by atoms with E-state index in [0.29, 0.717) is 18.8 Å². The molecule has 1 heterocycles. The molecule has 7 nitrogen and oxygen atoms in total. The Morgan fingerprint density at radius 2 is 1.57 bits per heavy atom. The number of unbranched alkanes of at least 4 members (excludes halogenated alkanes) is 2. The third kappa shape index (κ3) is 7.61. The lowest BCUT2D eigenvalue weighted by Gasteiger charge is -2.10. The molecule has 0 atom stereocenters. The van der Waals surface area contributed by atoms with Crippen LogP contribution in [-0.2, 0) is 6.42 Å². The number of anilines is 1. The van der Waals surface area contributed by atoms with Crippen LogP contribution in [-0.4, -0.2) is 43.3 Å². The number of nitrogens with zero attached hydrogens (tertiary/aromatic N) is 3. The van der Waals surface area contributed by atoms with Gasteiger partial charge in [-0.1, -0.05) is 30.8 Å². The molecule has 1 aliphatic carbocycles. The summed E-state index contributed by atoms with van der Waals surface area (Å²) in [7, 11) is 4.13. The van der Waals surface area contributed by atoms with Gasteiger partial charge in [-0.15, -0.1) is 11.3 Å². The van der Waals surface area contributed by atoms with Crippen LogP contribution in [0.4, 0.5) is 5.13 Å². The number of hydrogen-bond donors (Lipinski definition) is 2. The Balaban J connectivity index is 1.20. The van der Waals surface area contributed by atoms with E-state index in [1.807, 2.05) is 23.5 Å². The third-order valence-electron chi connectivity index (χ3n) is 6.73. The molecule has 0 aliphatic heterocycles. The van der Waals surface area contributed by atoms with Gasteiger partial charge in [0.05, 0.1) is 18.9 Å². The summed E-state index contributed by atoms with van der Waals surface area (Å²) in [6.07, 6.45) is 9.51. The van der Waals surface area contributed by atoms with Gasteiger partial charge in [-0.2, -0.15) is 0 Å². The predicted octanol–water partition coefficient (Wildman–Crippen LogP) is 6.33. The standard InChI is InChI=1S/C29H38N4O3S/c1-33(2)29-31-27(26(37-29)20-21-8-4-5-9-21)22-10-14-24(15-11-22)35-18-6-3-7-19-36-25-16-12-23(13-17-25)28(30)32-34/h10-17,21,34H,3-9,18-20H2,1-2H3,(H2,30,32). The number of oxime groups is 1. The first-order valence-corrected chi connectivity index (χ1v) is 14.0. The van der Waals surface area contributed by atoms with Crippen LogP contribution in [0.5, 0.6) is 11.5 Å². The zero-order valence-electron chi connectivity index (χ0n) is 21.9. The van der Waals surface area contributed by atoms with Crippen molar-refractivity contribution in [2.45, 2.75) is 51.4 Å². The first kappa shape index (κ1) is 26.8. The van der Waals surface area contributed by atoms with E-state index in [-0.39, 0.29) is 5.84 Å². The monoisotopic (exact) mass is 522 g/mol. The van der Waals surface area contributed by atoms with Crippen LogP contribution < -0.4 is 20.1 Å². The number of hydrogen-bond acceptors (Lipinski definition) is 7. The smallest absolute Gasteiger partial charge is 0.185 e. The molecule has 0 unspecified atom stereocenters. The second-order valence-electron chi connectivity index (χ2n) is 9.81. The minimum absolute atomic E-state index is 0.0897. The largest absolute Gasteiger partial charge is 0.494 e. The van der Waals surface area contributed by atoms with E-state index in [1.165, 1.54) is 36.1 Å². The van der Waals surface area contributed by atoms with E-state index in [2.05, 4.69) is 48.4 Å². The van der Waals surface area contributed by atoms with Crippen molar-refractivity contribution in [3.05, 3.63) is 59.0 Å². The van der Waals surface area contributed by atoms with E-state index in [1.54, 1.807) is 12.1 Å². The maximum Gasteiger partial charge on any atom is 0.185 e. The second-order valence-corrected chi connectivity index (χ2v) is 10.9. The average molecular weight is 523 g/mol. The second kappa shape index (κ2) is 13.3. The normalized spacial score (nSPS) is 14.2. The van der Waals surface area contributed by atoms with E-state index in [0.717, 1.165) is 53.9 Å². The Kier molecular flexibility index (Phi) is 9.65. The Bertz CT molecular complexity index is 1140. The van der Waals surface area contributed by atoms with Crippen molar-refractivity contribution in [2.75, 3.05) is 32.2 Å². The molecule has 1 aliphatic rings. The molecule has 0 spiro atoms. The molecule has 1 aromatic heterocycles. The molecular formula is C29H38N4O3S. The molecule has 0 bridgehead atoms. The maximum absolute atomic E-state index is 8.72. The fourth-order valence-electron chi connectivity index (χ4n) is 4.62. The molecule has 37 heavy (non-hydrogen) atoms. The molecular weight excluding hydrogens is 484 g/mol. The fraction of sp³-hybridized carbons (Fsp3) is 0.448. The SMILES string of the molecule is CN(C)c1nc(-c2ccc(OCCCCCOc3ccc(/C(N)=N/O)cc3)cc2)c(CC2CCCC2)s1. The highest BCUT2D eigenvalue weighted by Gasteiger charge is 2.21. The number of rotatable bonds is 13. The van der Waals surface area contributed by atoms with E-state index >= 15 is 0 Å². The van der Waals surface area contributed by atoms with Crippen molar-refractivity contribution in [1.29, 1.82) is 0 Å². The predicted molar refractivity (Wildman–Crippen MR) is 151 cm³/mol. The first-order chi connectivity index (χ1) is 18.0. The molecule has 198 valence electrons. The zero-order valence-corrected chi connectivity index (χ0v) is 22.7. The van der Waals surface area contributed by atoms with Crippen LogP contribution >= 0.6 is 11.3 Å². The van der Waals surface area contributed by atoms with Crippen LogP contribution in [0, 0.1) is 5.92 Å². The van der Waals surface area contributed by atoms with Gasteiger partial charge in [0.2, 0.25) is 0 Å². The number of nitrogens with two attached hydrogens (primary N) is 1. The lowest BCUT2D eigenvalue weighted by atomic mass is 10.0. The Morgan fingerprint density at radius 3 is 2.14 bits per heavy atom. The lowest BCUT2D eigenvalue weighted by Crippen LogP contribution is -2.12. The molecule has 0 saturated heterocycles. The van der Waals surface area contributed by atoms with Gasteiger partial charge in [-0.25, -0.2) is 4.98 Å². The van der Waals surface area contributed by atoms with Crippen molar-refractivity contribution in [2.24, 2.45) is 16.8 Å². The van der Waals surface area contributed by atoms with E-state index in [9.17, 15) is 0 Å². The van der Waals surface area contributed by atoms with Gasteiger partial charge in [0.1, 0.15) is 11.5 Å². The van der Waals surface area contributed by atoms with Crippen LogP contribution in [0.1, 0.15) is 55.4 Å². The van der Waals surface area contributed by atoms with E-state index < -0.39 is 0 Å². The molecule has 3 aromatic rings. The molecule has 2 aromatic carbocycles. The van der Waals surface area contributed by atoms with Crippen molar-refractivity contribution in [3.63, 3.8) is 0 Å². The zero-order chi connectivity index (χ0) is 26.0. The summed E-state index contributed by atoms with van der Waals surface area (Å²) in [5.74, 6) is 2.56. The molecule has 0 amide bonds. The lowest BCUT2D eigenvalue weighted by molar-refractivity contribution is 0.279. The Morgan fingerprint density at radius 1 is 0.973 bits per heavy atom. The van der Waals surface area contributed by atoms with Gasteiger partial charge in [0.15, 0.2) is 11.0 Å². The summed E-state index contributed by atoms with van der Waals surface area (Å²) in [6.45, 7) is 1.33. The van der Waals surface area contributed by atoms with Crippen LogP contribution in [0.3, 0.4) is 0 Å². The minimum Gasteiger partial charge on any atom is -0.494 e. The highest BCUT2D eigenvalue weighted by Crippen LogP contribution is 2.38. The summed E-state index contributed by atoms with van der Waals surface area (Å²) >= 11 is 1.83. The highest BCUT2D eigenvalue weighted by molar-refractivity contribution is 7.16. The number of ether oxygens (including phenoxy) is 2. The number of amidine groups is 1. The fourth-order valence-corrected chi connectivity index (χ4v) is 5.74.